The van der Waals surface area contributed by atoms with Gasteiger partial charge in [0.15, 0.2) is 5.78 Å². The fraction of sp³-hybridized carbons (Fsp3) is 0.312. The quantitative estimate of drug-likeness (QED) is 0.778. The number of benzene rings is 1. The second-order valence-corrected chi connectivity index (χ2v) is 8.17. The Labute approximate surface area is 141 Å². The van der Waals surface area contributed by atoms with E-state index in [9.17, 15) is 13.2 Å². The molecule has 23 heavy (non-hydrogen) atoms. The number of nitrogens with one attached hydrogen (secondary N) is 1. The molecule has 0 saturated carbocycles. The van der Waals surface area contributed by atoms with Gasteiger partial charge < -0.3 is 4.90 Å². The van der Waals surface area contributed by atoms with Crippen LogP contribution in [0.25, 0.3) is 0 Å². The summed E-state index contributed by atoms with van der Waals surface area (Å²) in [7, 11) is 0.228. The smallest absolute Gasteiger partial charge is 0.240 e. The van der Waals surface area contributed by atoms with Gasteiger partial charge in [-0.25, -0.2) is 13.1 Å². The Morgan fingerprint density at radius 2 is 1.87 bits per heavy atom. The van der Waals surface area contributed by atoms with Crippen LogP contribution in [-0.2, 0) is 10.0 Å². The fourth-order valence-corrected chi connectivity index (χ4v) is 4.12. The Hall–Kier alpha value is -1.54. The molecule has 1 N–H and O–H groups in total. The zero-order chi connectivity index (χ0) is 17.0. The first-order valence-corrected chi connectivity index (χ1v) is 9.48. The van der Waals surface area contributed by atoms with E-state index in [-0.39, 0.29) is 23.3 Å². The van der Waals surface area contributed by atoms with Crippen LogP contribution in [0.15, 0.2) is 46.7 Å². The second kappa shape index (κ2) is 7.35. The third-order valence-corrected chi connectivity index (χ3v) is 5.95. The first-order chi connectivity index (χ1) is 10.8. The average Bonchev–Trinajstić information content (AvgIpc) is 3.01. The number of sulfonamides is 1. The first kappa shape index (κ1) is 17.8. The summed E-state index contributed by atoms with van der Waals surface area (Å²) in [6.07, 6.45) is 0. The Morgan fingerprint density at radius 3 is 2.35 bits per heavy atom. The van der Waals surface area contributed by atoms with Crippen LogP contribution in [0.1, 0.15) is 28.2 Å². The highest BCUT2D eigenvalue weighted by molar-refractivity contribution is 7.89. The van der Waals surface area contributed by atoms with Gasteiger partial charge in [-0.15, -0.1) is 11.3 Å². The van der Waals surface area contributed by atoms with Gasteiger partial charge in [-0.1, -0.05) is 18.2 Å². The summed E-state index contributed by atoms with van der Waals surface area (Å²) in [5.74, 6) is -0.0905. The Kier molecular flexibility index (Phi) is 5.69. The molecular formula is C16H20N2O3S2. The number of carbonyl (C=O) groups excluding carboxylic acids is 1. The van der Waals surface area contributed by atoms with E-state index in [1.54, 1.807) is 11.3 Å². The van der Waals surface area contributed by atoms with Gasteiger partial charge in [0.1, 0.15) is 0 Å². The summed E-state index contributed by atoms with van der Waals surface area (Å²) in [6.45, 7) is 1.73. The van der Waals surface area contributed by atoms with Gasteiger partial charge in [0.25, 0.3) is 0 Å². The van der Waals surface area contributed by atoms with Crippen molar-refractivity contribution in [3.05, 3.63) is 52.2 Å². The highest BCUT2D eigenvalue weighted by Crippen LogP contribution is 2.23. The van der Waals surface area contributed by atoms with Crippen molar-refractivity contribution in [3.8, 4) is 0 Å². The number of hydrogen-bond donors (Lipinski definition) is 1. The lowest BCUT2D eigenvalue weighted by atomic mass is 10.2. The predicted octanol–water partition coefficient (Wildman–Crippen LogP) is 2.53. The molecule has 7 heteroatoms. The number of hydrogen-bond acceptors (Lipinski definition) is 5. The monoisotopic (exact) mass is 352 g/mol. The third-order valence-electron chi connectivity index (χ3n) is 3.53. The van der Waals surface area contributed by atoms with Crippen molar-refractivity contribution in [1.82, 2.24) is 9.62 Å². The third kappa shape index (κ3) is 4.48. The minimum absolute atomic E-state index is 0.0266. The normalized spacial score (nSPS) is 13.2. The van der Waals surface area contributed by atoms with Crippen LogP contribution in [0.4, 0.5) is 0 Å². The minimum atomic E-state index is -3.61. The zero-order valence-electron chi connectivity index (χ0n) is 13.3. The Morgan fingerprint density at radius 1 is 1.22 bits per heavy atom. The van der Waals surface area contributed by atoms with E-state index in [0.717, 1.165) is 4.88 Å². The number of nitrogens with zero attached hydrogens (tertiary/aromatic N) is 1. The van der Waals surface area contributed by atoms with Crippen LogP contribution >= 0.6 is 11.3 Å². The van der Waals surface area contributed by atoms with E-state index in [1.807, 2.05) is 36.5 Å². The number of rotatable bonds is 7. The molecule has 1 aromatic carbocycles. The van der Waals surface area contributed by atoms with Crippen molar-refractivity contribution in [1.29, 1.82) is 0 Å². The molecule has 0 fully saturated rings. The van der Waals surface area contributed by atoms with Crippen molar-refractivity contribution in [2.24, 2.45) is 0 Å². The van der Waals surface area contributed by atoms with Crippen LogP contribution < -0.4 is 4.72 Å². The first-order valence-electron chi connectivity index (χ1n) is 7.12. The molecule has 0 radical (unpaired) electrons. The summed E-state index contributed by atoms with van der Waals surface area (Å²) < 4.78 is 27.4. The average molecular weight is 352 g/mol. The highest BCUT2D eigenvalue weighted by Gasteiger charge is 2.20. The summed E-state index contributed by atoms with van der Waals surface area (Å²) in [6, 6.07) is 9.88. The lowest BCUT2D eigenvalue weighted by Crippen LogP contribution is -2.34. The van der Waals surface area contributed by atoms with E-state index in [0.29, 0.717) is 5.56 Å². The van der Waals surface area contributed by atoms with Gasteiger partial charge in [0.2, 0.25) is 10.0 Å². The van der Waals surface area contributed by atoms with Crippen molar-refractivity contribution < 1.29 is 13.2 Å². The van der Waals surface area contributed by atoms with E-state index in [2.05, 4.69) is 4.72 Å². The van der Waals surface area contributed by atoms with Gasteiger partial charge >= 0.3 is 0 Å². The largest absolute Gasteiger partial charge is 0.300 e. The van der Waals surface area contributed by atoms with Crippen LogP contribution in [-0.4, -0.2) is 39.7 Å². The Bertz CT molecular complexity index is 751. The lowest BCUT2D eigenvalue weighted by molar-refractivity contribution is 0.101. The van der Waals surface area contributed by atoms with Crippen LogP contribution in [0.3, 0.4) is 0 Å². The molecular weight excluding hydrogens is 332 g/mol. The molecule has 0 spiro atoms. The second-order valence-electron chi connectivity index (χ2n) is 5.43. The maximum Gasteiger partial charge on any atom is 0.240 e. The van der Waals surface area contributed by atoms with Crippen molar-refractivity contribution in [3.63, 3.8) is 0 Å². The molecule has 2 aromatic rings. The number of likely N-dealkylation sites (N-methyl/N-ethyl adjacent to an activating group) is 1. The maximum absolute atomic E-state index is 12.4. The fourth-order valence-electron chi connectivity index (χ4n) is 2.16. The topological polar surface area (TPSA) is 66.5 Å². The predicted molar refractivity (Wildman–Crippen MR) is 92.4 cm³/mol. The summed E-state index contributed by atoms with van der Waals surface area (Å²) in [4.78, 5) is 14.5. The van der Waals surface area contributed by atoms with Crippen molar-refractivity contribution >= 4 is 27.1 Å². The molecule has 0 aliphatic carbocycles. The summed E-state index contributed by atoms with van der Waals surface area (Å²) in [5.41, 5.74) is 0.494. The zero-order valence-corrected chi connectivity index (χ0v) is 14.9. The van der Waals surface area contributed by atoms with Crippen LogP contribution in [0.2, 0.25) is 0 Å². The molecule has 1 atom stereocenters. The molecule has 0 aliphatic heterocycles. The molecule has 1 heterocycles. The van der Waals surface area contributed by atoms with E-state index < -0.39 is 10.0 Å². The van der Waals surface area contributed by atoms with Gasteiger partial charge in [-0.05, 0) is 44.6 Å². The number of carbonyl (C=O) groups is 1. The molecule has 1 unspecified atom stereocenters. The number of ketones is 1. The van der Waals surface area contributed by atoms with E-state index in [4.69, 9.17) is 0 Å². The highest BCUT2D eigenvalue weighted by atomic mass is 32.2. The molecule has 1 aromatic heterocycles. The minimum Gasteiger partial charge on any atom is -0.300 e. The summed E-state index contributed by atoms with van der Waals surface area (Å²) >= 11 is 1.60. The van der Waals surface area contributed by atoms with Crippen LogP contribution in [0, 0.1) is 0 Å². The van der Waals surface area contributed by atoms with Gasteiger partial charge in [0, 0.05) is 17.0 Å². The standard InChI is InChI=1S/C16H20N2O3S2/c1-12(19)13-6-8-14(9-7-13)23(20,21)17-11-15(18(2)3)16-5-4-10-22-16/h4-10,15,17H,11H2,1-3H3. The van der Waals surface area contributed by atoms with Crippen LogP contribution in [0.5, 0.6) is 0 Å². The lowest BCUT2D eigenvalue weighted by Gasteiger charge is -2.23. The number of thiophene rings is 1. The maximum atomic E-state index is 12.4. The molecule has 5 nitrogen and oxygen atoms in total. The van der Waals surface area contributed by atoms with Crippen molar-refractivity contribution in [2.75, 3.05) is 20.6 Å². The molecule has 0 amide bonds. The molecule has 0 aliphatic rings. The molecule has 0 saturated heterocycles. The number of Topliss-reactive ketones (excluding diaryl/α,β-unsaturated/α-hetero) is 1. The van der Waals surface area contributed by atoms with Crippen molar-refractivity contribution in [2.45, 2.75) is 17.9 Å². The molecule has 2 rings (SSSR count). The SMILES string of the molecule is CC(=O)c1ccc(S(=O)(=O)NCC(c2cccs2)N(C)C)cc1. The Balaban J connectivity index is 2.12. The van der Waals surface area contributed by atoms with Gasteiger partial charge in [-0.2, -0.15) is 0 Å². The summed E-state index contributed by atoms with van der Waals surface area (Å²) in [5, 5.41) is 1.97. The van der Waals surface area contributed by atoms with E-state index >= 15 is 0 Å². The van der Waals surface area contributed by atoms with Gasteiger partial charge in [0.05, 0.1) is 10.9 Å². The molecule has 0 bridgehead atoms. The molecule has 124 valence electrons. The van der Waals surface area contributed by atoms with Gasteiger partial charge in [-0.3, -0.25) is 4.79 Å². The van der Waals surface area contributed by atoms with E-state index in [1.165, 1.54) is 31.2 Å².